The van der Waals surface area contributed by atoms with Crippen LogP contribution in [0.1, 0.15) is 69.5 Å². The van der Waals surface area contributed by atoms with E-state index >= 15 is 0 Å². The van der Waals surface area contributed by atoms with Crippen molar-refractivity contribution in [2.45, 2.75) is 63.9 Å². The van der Waals surface area contributed by atoms with Crippen LogP contribution in [0, 0.1) is 6.42 Å². The van der Waals surface area contributed by atoms with Gasteiger partial charge in [-0.1, -0.05) is 38.2 Å². The van der Waals surface area contributed by atoms with Crippen LogP contribution in [0.3, 0.4) is 0 Å². The zero-order chi connectivity index (χ0) is 21.9. The number of hydrogen-bond donors (Lipinski definition) is 4. The van der Waals surface area contributed by atoms with Crippen molar-refractivity contribution in [1.82, 2.24) is 15.2 Å². The normalized spacial score (nSPS) is 16.0. The van der Waals surface area contributed by atoms with E-state index in [-0.39, 0.29) is 11.3 Å². The molecule has 1 saturated heterocycles. The van der Waals surface area contributed by atoms with Crippen molar-refractivity contribution in [3.63, 3.8) is 0 Å². The summed E-state index contributed by atoms with van der Waals surface area (Å²) >= 11 is 0. The van der Waals surface area contributed by atoms with E-state index in [2.05, 4.69) is 21.6 Å². The number of nitrogens with zero attached hydrogens (tertiary/aromatic N) is 1. The third kappa shape index (κ3) is 7.63. The Labute approximate surface area is 185 Å². The van der Waals surface area contributed by atoms with E-state index in [4.69, 9.17) is 0 Å². The van der Waals surface area contributed by atoms with Gasteiger partial charge in [0.15, 0.2) is 0 Å². The summed E-state index contributed by atoms with van der Waals surface area (Å²) in [5, 5.41) is 24.5. The number of aliphatic hydroxyl groups excluding tert-OH is 1. The molecule has 4 N–H and O–H groups in total. The third-order valence-corrected chi connectivity index (χ3v) is 6.23. The maximum Gasteiger partial charge on any atom is 0.248 e. The lowest BCUT2D eigenvalue weighted by molar-refractivity contribution is 0.176. The summed E-state index contributed by atoms with van der Waals surface area (Å²) in [6.45, 7) is 5.12. The van der Waals surface area contributed by atoms with Crippen LogP contribution in [-0.2, 0) is 0 Å². The Morgan fingerprint density at radius 2 is 1.68 bits per heavy atom. The monoisotopic (exact) mass is 428 g/mol. The van der Waals surface area contributed by atoms with Crippen molar-refractivity contribution in [1.29, 1.82) is 0 Å². The first kappa shape index (κ1) is 23.8. The second-order valence-corrected chi connectivity index (χ2v) is 8.69. The molecule has 1 aliphatic heterocycles. The number of aromatic amines is 1. The second kappa shape index (κ2) is 12.8. The Morgan fingerprint density at radius 3 is 2.45 bits per heavy atom. The van der Waals surface area contributed by atoms with E-state index in [9.17, 15) is 15.0 Å². The molecule has 0 saturated carbocycles. The predicted octanol–water partition coefficient (Wildman–Crippen LogP) is 3.89. The average molecular weight is 429 g/mol. The highest BCUT2D eigenvalue weighted by Crippen LogP contribution is 2.28. The van der Waals surface area contributed by atoms with Gasteiger partial charge >= 0.3 is 0 Å². The number of unbranched alkanes of at least 4 members (excludes halogenated alkanes) is 6. The largest absolute Gasteiger partial charge is 0.506 e. The molecule has 171 valence electrons. The van der Waals surface area contributed by atoms with E-state index in [0.717, 1.165) is 13.0 Å². The van der Waals surface area contributed by atoms with Gasteiger partial charge in [0, 0.05) is 18.0 Å². The number of phenols is 1. The molecular formula is C25H38N3O3. The highest BCUT2D eigenvalue weighted by atomic mass is 16.3. The molecule has 2 aromatic rings. The summed E-state index contributed by atoms with van der Waals surface area (Å²) in [6, 6.07) is 6.30. The maximum atomic E-state index is 11.5. The van der Waals surface area contributed by atoms with E-state index in [1.54, 1.807) is 12.1 Å². The van der Waals surface area contributed by atoms with Gasteiger partial charge in [-0.2, -0.15) is 0 Å². The van der Waals surface area contributed by atoms with Crippen LogP contribution < -0.4 is 10.9 Å². The first-order chi connectivity index (χ1) is 15.1. The molecule has 1 fully saturated rings. The molecule has 0 unspecified atom stereocenters. The fraction of sp³-hybridized carbons (Fsp3) is 0.600. The third-order valence-electron chi connectivity index (χ3n) is 6.23. The Morgan fingerprint density at radius 1 is 0.968 bits per heavy atom. The van der Waals surface area contributed by atoms with Crippen LogP contribution in [0.2, 0.25) is 0 Å². The summed E-state index contributed by atoms with van der Waals surface area (Å²) < 4.78 is 0. The first-order valence-corrected chi connectivity index (χ1v) is 11.9. The number of rotatable bonds is 13. The lowest BCUT2D eigenvalue weighted by Crippen LogP contribution is -2.30. The lowest BCUT2D eigenvalue weighted by atomic mass is 10.0. The molecule has 1 aromatic heterocycles. The number of aromatic hydroxyl groups is 1. The number of H-pyrrole nitrogens is 1. The summed E-state index contributed by atoms with van der Waals surface area (Å²) in [5.74, 6) is 0.0155. The van der Waals surface area contributed by atoms with Gasteiger partial charge in [0.1, 0.15) is 5.75 Å². The zero-order valence-electron chi connectivity index (χ0n) is 18.6. The summed E-state index contributed by atoms with van der Waals surface area (Å²) in [6.07, 6.45) is 13.2. The molecule has 0 amide bonds. The standard InChI is InChI=1S/C25H38N3O3/c29-22-13-11-20(21-12-14-24(31)27-25(21)22)23(30)19-26-15-7-4-2-1-3-5-8-16-28-17-9-6-10-18-28/h6,11-14,23,26,29-30H,1-5,7-10,15-19H2,(H,27,31)/t23-/m0/s1. The smallest absolute Gasteiger partial charge is 0.248 e. The van der Waals surface area contributed by atoms with Crippen molar-refractivity contribution in [2.24, 2.45) is 0 Å². The molecule has 0 spiro atoms. The molecule has 0 bridgehead atoms. The van der Waals surface area contributed by atoms with Gasteiger partial charge in [-0.05, 0) is 76.0 Å². The number of hydrogen-bond acceptors (Lipinski definition) is 5. The molecule has 1 atom stereocenters. The molecule has 31 heavy (non-hydrogen) atoms. The van der Waals surface area contributed by atoms with Gasteiger partial charge in [0.25, 0.3) is 0 Å². The lowest BCUT2D eigenvalue weighted by Gasteiger charge is -2.26. The van der Waals surface area contributed by atoms with Crippen LogP contribution in [0.4, 0.5) is 0 Å². The van der Waals surface area contributed by atoms with Crippen molar-refractivity contribution >= 4 is 10.9 Å². The van der Waals surface area contributed by atoms with Crippen molar-refractivity contribution < 1.29 is 10.2 Å². The minimum atomic E-state index is -0.688. The van der Waals surface area contributed by atoms with Crippen LogP contribution >= 0.6 is 0 Å². The predicted molar refractivity (Wildman–Crippen MR) is 126 cm³/mol. The highest BCUT2D eigenvalue weighted by Gasteiger charge is 2.13. The fourth-order valence-electron chi connectivity index (χ4n) is 4.40. The topological polar surface area (TPSA) is 88.6 Å². The van der Waals surface area contributed by atoms with E-state index in [1.165, 1.54) is 83.1 Å². The number of likely N-dealkylation sites (tertiary alicyclic amines) is 1. The maximum absolute atomic E-state index is 11.5. The number of aromatic nitrogens is 1. The van der Waals surface area contributed by atoms with Gasteiger partial charge in [0.05, 0.1) is 11.6 Å². The van der Waals surface area contributed by atoms with Crippen molar-refractivity contribution in [3.8, 4) is 5.75 Å². The van der Waals surface area contributed by atoms with E-state index in [1.807, 2.05) is 0 Å². The van der Waals surface area contributed by atoms with Crippen molar-refractivity contribution in [2.75, 3.05) is 32.7 Å². The minimum Gasteiger partial charge on any atom is -0.506 e. The Bertz CT molecular complexity index is 846. The number of benzene rings is 1. The van der Waals surface area contributed by atoms with Crippen LogP contribution in [0.15, 0.2) is 29.1 Å². The Balaban J connectivity index is 1.24. The molecule has 2 heterocycles. The molecule has 1 aromatic carbocycles. The molecule has 0 aliphatic carbocycles. The fourth-order valence-corrected chi connectivity index (χ4v) is 4.40. The van der Waals surface area contributed by atoms with Crippen LogP contribution in [0.5, 0.6) is 5.75 Å². The van der Waals surface area contributed by atoms with Gasteiger partial charge in [-0.25, -0.2) is 0 Å². The van der Waals surface area contributed by atoms with Crippen molar-refractivity contribution in [3.05, 3.63) is 46.6 Å². The summed E-state index contributed by atoms with van der Waals surface area (Å²) in [7, 11) is 0. The van der Waals surface area contributed by atoms with Crippen LogP contribution in [-0.4, -0.2) is 52.8 Å². The van der Waals surface area contributed by atoms with Gasteiger partial charge in [0.2, 0.25) is 5.56 Å². The quantitative estimate of drug-likeness (QED) is 0.364. The molecule has 6 heteroatoms. The number of pyridine rings is 1. The number of fused-ring (bicyclic) bond motifs is 1. The van der Waals surface area contributed by atoms with E-state index < -0.39 is 6.10 Å². The Kier molecular flexibility index (Phi) is 9.85. The molecular weight excluding hydrogens is 390 g/mol. The SMILES string of the molecule is O=c1ccc2c([C@@H](O)CNCCCCCCCCCN3CC[CH]CC3)ccc(O)c2[nH]1. The van der Waals surface area contributed by atoms with E-state index in [0.29, 0.717) is 23.0 Å². The van der Waals surface area contributed by atoms with Gasteiger partial charge < -0.3 is 25.4 Å². The van der Waals surface area contributed by atoms with Gasteiger partial charge in [-0.15, -0.1) is 0 Å². The molecule has 6 nitrogen and oxygen atoms in total. The highest BCUT2D eigenvalue weighted by molar-refractivity contribution is 5.87. The zero-order valence-corrected chi connectivity index (χ0v) is 18.6. The second-order valence-electron chi connectivity index (χ2n) is 8.69. The van der Waals surface area contributed by atoms with Crippen LogP contribution in [0.25, 0.3) is 10.9 Å². The average Bonchev–Trinajstić information content (AvgIpc) is 2.78. The number of piperidine rings is 1. The number of nitrogens with one attached hydrogen (secondary N) is 2. The number of aliphatic hydroxyl groups is 1. The summed E-state index contributed by atoms with van der Waals surface area (Å²) in [4.78, 5) is 16.7. The molecule has 1 radical (unpaired) electrons. The summed E-state index contributed by atoms with van der Waals surface area (Å²) in [5.41, 5.74) is 0.811. The first-order valence-electron chi connectivity index (χ1n) is 11.9. The Hall–Kier alpha value is -1.89. The molecule has 1 aliphatic rings. The van der Waals surface area contributed by atoms with Gasteiger partial charge in [-0.3, -0.25) is 4.79 Å². The number of phenolic OH excluding ortho intramolecular Hbond substituents is 1. The minimum absolute atomic E-state index is 0.0155. The molecule has 3 rings (SSSR count).